The summed E-state index contributed by atoms with van der Waals surface area (Å²) in [5.74, 6) is 1.22. The molecule has 0 amide bonds. The van der Waals surface area contributed by atoms with Crippen molar-refractivity contribution in [2.45, 2.75) is 44.8 Å². The number of anilines is 1. The summed E-state index contributed by atoms with van der Waals surface area (Å²) in [4.78, 5) is 37.1. The zero-order valence-electron chi connectivity index (χ0n) is 15.8. The zero-order valence-corrected chi connectivity index (χ0v) is 18.4. The third-order valence-electron chi connectivity index (χ3n) is 4.46. The number of aromatic nitrogens is 2. The molecule has 29 heavy (non-hydrogen) atoms. The summed E-state index contributed by atoms with van der Waals surface area (Å²) in [5, 5.41) is 13.8. The number of rotatable bonds is 7. The molecule has 0 radical (unpaired) electrons. The fourth-order valence-corrected chi connectivity index (χ4v) is 6.20. The van der Waals surface area contributed by atoms with Crippen molar-refractivity contribution in [1.29, 1.82) is 0 Å². The number of phosphoric acid groups is 2. The topological polar surface area (TPSA) is 175 Å². The predicted molar refractivity (Wildman–Crippen MR) is 104 cm³/mol. The lowest BCUT2D eigenvalue weighted by molar-refractivity contribution is 0.0694. The van der Waals surface area contributed by atoms with Crippen LogP contribution in [0, 0.1) is 6.92 Å². The molecule has 15 heteroatoms. The van der Waals surface area contributed by atoms with Gasteiger partial charge in [0.05, 0.1) is 13.2 Å². The molecule has 2 aliphatic rings. The fourth-order valence-electron chi connectivity index (χ4n) is 3.16. The van der Waals surface area contributed by atoms with E-state index < -0.39 is 26.7 Å². The molecule has 0 spiro atoms. The van der Waals surface area contributed by atoms with E-state index in [4.69, 9.17) is 9.79 Å². The van der Waals surface area contributed by atoms with Crippen molar-refractivity contribution in [3.05, 3.63) is 28.2 Å². The van der Waals surface area contributed by atoms with Gasteiger partial charge < -0.3 is 30.0 Å². The molecule has 12 nitrogen and oxygen atoms in total. The van der Waals surface area contributed by atoms with Gasteiger partial charge in [0.25, 0.3) is 0 Å². The van der Waals surface area contributed by atoms with Crippen molar-refractivity contribution >= 4 is 33.2 Å². The molecule has 5 N–H and O–H groups in total. The molecule has 0 aromatic carbocycles. The van der Waals surface area contributed by atoms with Gasteiger partial charge in [-0.3, -0.25) is 4.52 Å². The quantitative estimate of drug-likeness (QED) is 0.366. The van der Waals surface area contributed by atoms with Crippen molar-refractivity contribution in [1.82, 2.24) is 14.9 Å². The third-order valence-corrected chi connectivity index (χ3v) is 8.36. The number of allylic oxidation sites excluding steroid dienone is 1. The Morgan fingerprint density at radius 1 is 1.38 bits per heavy atom. The molecule has 0 aliphatic carbocycles. The first-order valence-corrected chi connectivity index (χ1v) is 12.4. The number of nitrogens with one attached hydrogen (secondary N) is 1. The highest BCUT2D eigenvalue weighted by atomic mass is 32.2. The molecule has 2 aliphatic heterocycles. The number of hydrogen-bond donors (Lipinski definition) is 5. The molecule has 3 heterocycles. The highest BCUT2D eigenvalue weighted by Crippen LogP contribution is 2.58. The normalized spacial score (nSPS) is 24.6. The van der Waals surface area contributed by atoms with E-state index >= 15 is 0 Å². The van der Waals surface area contributed by atoms with Gasteiger partial charge in [0.2, 0.25) is 0 Å². The number of aliphatic hydroxyl groups excluding tert-OH is 1. The SMILES string of the molecule is CC1=C(CCOP(=O)(O)OP(=O)(O)O)S[C@@]2([C@H](C)O)Nc3nc(C)ncc3CN12. The molecule has 0 saturated heterocycles. The second-order valence-corrected chi connectivity index (χ2v) is 10.8. The minimum absolute atomic E-state index is 0.166. The largest absolute Gasteiger partial charge is 0.481 e. The van der Waals surface area contributed by atoms with Gasteiger partial charge in [-0.05, 0) is 20.8 Å². The average molecular weight is 468 g/mol. The second kappa shape index (κ2) is 7.92. The lowest BCUT2D eigenvalue weighted by atomic mass is 10.1. The minimum Gasteiger partial charge on any atom is -0.388 e. The van der Waals surface area contributed by atoms with Crippen LogP contribution in [0.1, 0.15) is 31.7 Å². The summed E-state index contributed by atoms with van der Waals surface area (Å²) < 4.78 is 30.8. The Hall–Kier alpha value is -1.01. The number of nitrogens with zero attached hydrogens (tertiary/aromatic N) is 3. The molecule has 1 aromatic heterocycles. The summed E-state index contributed by atoms with van der Waals surface area (Å²) in [6.45, 7) is 5.40. The van der Waals surface area contributed by atoms with Gasteiger partial charge in [0.1, 0.15) is 17.7 Å². The third kappa shape index (κ3) is 4.84. The van der Waals surface area contributed by atoms with Gasteiger partial charge in [0, 0.05) is 28.8 Å². The summed E-state index contributed by atoms with van der Waals surface area (Å²) in [6, 6.07) is 0. The second-order valence-electron chi connectivity index (χ2n) is 6.61. The molecular formula is C14H22N4O8P2S. The Morgan fingerprint density at radius 2 is 2.07 bits per heavy atom. The molecule has 1 aromatic rings. The van der Waals surface area contributed by atoms with Crippen LogP contribution in [0.5, 0.6) is 0 Å². The summed E-state index contributed by atoms with van der Waals surface area (Å²) in [7, 11) is -10.1. The highest BCUT2D eigenvalue weighted by Gasteiger charge is 2.51. The number of fused-ring (bicyclic) bond motifs is 2. The number of aryl methyl sites for hydroxylation is 1. The predicted octanol–water partition coefficient (Wildman–Crippen LogP) is 1.64. The van der Waals surface area contributed by atoms with Crippen molar-refractivity contribution in [2.75, 3.05) is 11.9 Å². The summed E-state index contributed by atoms with van der Waals surface area (Å²) in [6.07, 6.45) is 1.07. The van der Waals surface area contributed by atoms with Gasteiger partial charge in [-0.15, -0.1) is 0 Å². The van der Waals surface area contributed by atoms with Crippen molar-refractivity contribution < 1.29 is 37.8 Å². The Bertz CT molecular complexity index is 938. The van der Waals surface area contributed by atoms with Gasteiger partial charge in [-0.25, -0.2) is 19.1 Å². The van der Waals surface area contributed by atoms with Crippen LogP contribution in [0.4, 0.5) is 5.82 Å². The van der Waals surface area contributed by atoms with Crippen molar-refractivity contribution in [2.24, 2.45) is 0 Å². The maximum Gasteiger partial charge on any atom is 0.481 e. The first kappa shape index (κ1) is 22.7. The zero-order chi connectivity index (χ0) is 21.6. The maximum absolute atomic E-state index is 11.6. The van der Waals surface area contributed by atoms with Gasteiger partial charge in [0.15, 0.2) is 4.99 Å². The lowest BCUT2D eigenvalue weighted by Gasteiger charge is -2.46. The van der Waals surface area contributed by atoms with E-state index in [1.165, 1.54) is 11.8 Å². The van der Waals surface area contributed by atoms with Crippen LogP contribution in [-0.4, -0.2) is 52.4 Å². The summed E-state index contributed by atoms with van der Waals surface area (Å²) >= 11 is 1.33. The molecule has 3 atom stereocenters. The maximum atomic E-state index is 11.6. The van der Waals surface area contributed by atoms with Gasteiger partial charge in [-0.2, -0.15) is 4.31 Å². The Kier molecular flexibility index (Phi) is 6.19. The highest BCUT2D eigenvalue weighted by molar-refractivity contribution is 8.04. The van der Waals surface area contributed by atoms with E-state index in [9.17, 15) is 19.1 Å². The first-order chi connectivity index (χ1) is 13.3. The number of hydrogen-bond acceptors (Lipinski definition) is 10. The Morgan fingerprint density at radius 3 is 2.69 bits per heavy atom. The Balaban J connectivity index is 1.76. The molecule has 0 saturated carbocycles. The van der Waals surface area contributed by atoms with Gasteiger partial charge in [-0.1, -0.05) is 11.8 Å². The van der Waals surface area contributed by atoms with E-state index in [0.29, 0.717) is 18.2 Å². The molecule has 0 bridgehead atoms. The average Bonchev–Trinajstić information content (AvgIpc) is 2.83. The van der Waals surface area contributed by atoms with E-state index in [2.05, 4.69) is 24.1 Å². The molecular weight excluding hydrogens is 446 g/mol. The van der Waals surface area contributed by atoms with Crippen LogP contribution in [0.2, 0.25) is 0 Å². The first-order valence-electron chi connectivity index (χ1n) is 8.52. The van der Waals surface area contributed by atoms with Crippen molar-refractivity contribution in [3.63, 3.8) is 0 Å². The van der Waals surface area contributed by atoms with E-state index in [1.54, 1.807) is 20.0 Å². The molecule has 0 fully saturated rings. The number of thioether (sulfide) groups is 1. The van der Waals surface area contributed by atoms with Crippen LogP contribution < -0.4 is 5.32 Å². The smallest absolute Gasteiger partial charge is 0.388 e. The fraction of sp³-hybridized carbons (Fsp3) is 0.571. The molecule has 162 valence electrons. The number of phosphoric ester groups is 1. The van der Waals surface area contributed by atoms with Crippen LogP contribution in [-0.2, 0) is 24.5 Å². The van der Waals surface area contributed by atoms with Crippen LogP contribution in [0.15, 0.2) is 16.8 Å². The summed E-state index contributed by atoms with van der Waals surface area (Å²) in [5.41, 5.74) is 1.68. The van der Waals surface area contributed by atoms with Gasteiger partial charge >= 0.3 is 15.6 Å². The van der Waals surface area contributed by atoms with E-state index in [1.807, 2.05) is 11.8 Å². The van der Waals surface area contributed by atoms with Crippen LogP contribution in [0.3, 0.4) is 0 Å². The monoisotopic (exact) mass is 468 g/mol. The minimum atomic E-state index is -5.17. The van der Waals surface area contributed by atoms with Crippen LogP contribution >= 0.6 is 27.4 Å². The Labute approximate surface area is 171 Å². The molecule has 3 rings (SSSR count). The standard InChI is InChI=1S/C14H22N4O8P2S/c1-8-12(4-5-25-28(23,24)26-27(20,21)22)29-14(9(2)19)17-13-11(7-18(8)14)6-15-10(3)16-13/h6,9,19H,4-5,7H2,1-3H3,(H,23,24)(H,15,16,17)(H2,20,21,22)/t9-,14-/m0/s1. The van der Waals surface area contributed by atoms with E-state index in [-0.39, 0.29) is 13.0 Å². The molecule has 1 unspecified atom stereocenters. The van der Waals surface area contributed by atoms with E-state index in [0.717, 1.165) is 16.2 Å². The lowest BCUT2D eigenvalue weighted by Crippen LogP contribution is -2.57. The van der Waals surface area contributed by atoms with Crippen molar-refractivity contribution in [3.8, 4) is 0 Å². The number of aliphatic hydroxyl groups is 1. The van der Waals surface area contributed by atoms with Crippen LogP contribution in [0.25, 0.3) is 0 Å².